The fourth-order valence-electron chi connectivity index (χ4n) is 10.7. The number of nitrogens with zero attached hydrogens (tertiary/aromatic N) is 2. The molecule has 4 rings (SSSR count). The second-order valence-electron chi connectivity index (χ2n) is 24.2. The molecule has 0 saturated carbocycles. The van der Waals surface area contributed by atoms with Gasteiger partial charge in [0.25, 0.3) is 5.91 Å². The molecule has 33 heteroatoms. The highest BCUT2D eigenvalue weighted by atomic mass is 35.5. The summed E-state index contributed by atoms with van der Waals surface area (Å²) in [6.45, 7) is 9.12. The van der Waals surface area contributed by atoms with Gasteiger partial charge >= 0.3 is 5.97 Å². The zero-order valence-electron chi connectivity index (χ0n) is 63.9. The van der Waals surface area contributed by atoms with Crippen LogP contribution in [0.3, 0.4) is 0 Å². The van der Waals surface area contributed by atoms with Crippen molar-refractivity contribution in [1.29, 1.82) is 5.53 Å². The van der Waals surface area contributed by atoms with Crippen molar-refractivity contribution in [3.8, 4) is 34.5 Å². The van der Waals surface area contributed by atoms with Crippen LogP contribution in [0.2, 0.25) is 0 Å². The van der Waals surface area contributed by atoms with Gasteiger partial charge in [-0.25, -0.2) is 10.3 Å². The Morgan fingerprint density at radius 1 is 0.528 bits per heavy atom. The van der Waals surface area contributed by atoms with Crippen molar-refractivity contribution < 1.29 is 114 Å². The fraction of sp³-hybridized carbons (Fsp3) is 0.653. The predicted octanol–water partition coefficient (Wildman–Crippen LogP) is 5.81. The molecule has 0 aliphatic carbocycles. The van der Waals surface area contributed by atoms with E-state index in [4.69, 9.17) is 102 Å². The number of piperidine rings is 1. The molecule has 1 fully saturated rings. The second kappa shape index (κ2) is 60.1. The van der Waals surface area contributed by atoms with Crippen molar-refractivity contribution in [3.63, 3.8) is 0 Å². The number of likely N-dealkylation sites (tertiary alicyclic amines) is 1. The van der Waals surface area contributed by atoms with Gasteiger partial charge in [-0.2, -0.15) is 5.11 Å². The highest BCUT2D eigenvalue weighted by molar-refractivity contribution is 6.17. The number of alkyl halides is 1. The molecule has 5 amide bonds. The monoisotopic (exact) mass is 1550 g/mol. The van der Waals surface area contributed by atoms with Crippen LogP contribution in [-0.4, -0.2) is 279 Å². The molecule has 1 heterocycles. The number of hydrogen-bond donors (Lipinski definition) is 6. The molecule has 1 aliphatic heterocycles. The Kier molecular flexibility index (Phi) is 51.6. The number of carbonyl (C=O) groups excluding carboxylic acids is 6. The molecule has 6 N–H and O–H groups in total. The summed E-state index contributed by atoms with van der Waals surface area (Å²) in [7, 11) is 7.69. The molecule has 1 aliphatic rings. The van der Waals surface area contributed by atoms with Gasteiger partial charge in [-0.15, -0.1) is 11.6 Å². The van der Waals surface area contributed by atoms with Gasteiger partial charge in [-0.1, -0.05) is 38.0 Å². The van der Waals surface area contributed by atoms with E-state index in [0.717, 1.165) is 44.1 Å². The third-order valence-corrected chi connectivity index (χ3v) is 16.6. The zero-order chi connectivity index (χ0) is 77.9. The minimum absolute atomic E-state index is 0.0271. The maximum absolute atomic E-state index is 14.6. The molecule has 3 aromatic rings. The van der Waals surface area contributed by atoms with Crippen LogP contribution in [0.5, 0.6) is 34.5 Å². The standard InChI is InChI=1S/C75H117ClN8O24/c1-7-62(59-49-67(93-4)73(95-6)68(50-59)94-5)74(89)84-27-12-10-17-63(84)75(90)108-64(20-18-57-19-21-65(91-2)66(47-57)92-3)58-15-14-16-61(48-58)107-56-72(88)81-26-32-100-37-40-102-42-45-105-54-70(86)80-25-31-99-36-39-103-43-46-106-55-71(87)82-52-60(83-77)51-78-23-29-97-35-38-101-41-44-104-53-69(85)79-24-30-98-34-33-96-28-13-9-8-11-22-76/h14-16,19,21,47-51,62-64,77-78H,7-13,17-18,20,22-46,52-56H2,1-6H3,(H,79,85)(H,80,86)(H,81,88)(H,82,87)/b60-51-,83-77?/t62-,63-,64+/m0/s1. The van der Waals surface area contributed by atoms with Crippen molar-refractivity contribution in [2.75, 3.05) is 233 Å². The predicted molar refractivity (Wildman–Crippen MR) is 399 cm³/mol. The third-order valence-electron chi connectivity index (χ3n) is 16.3. The van der Waals surface area contributed by atoms with Crippen LogP contribution in [0.4, 0.5) is 0 Å². The number of rotatable bonds is 66. The first-order valence-corrected chi connectivity index (χ1v) is 37.4. The number of unbranched alkanes of at least 4 members (excludes halogenated alkanes) is 3. The van der Waals surface area contributed by atoms with Gasteiger partial charge in [0, 0.05) is 51.4 Å². The number of aryl methyl sites for hydroxylation is 1. The fourth-order valence-corrected chi connectivity index (χ4v) is 10.9. The van der Waals surface area contributed by atoms with Gasteiger partial charge in [-0.3, -0.25) is 24.0 Å². The lowest BCUT2D eigenvalue weighted by atomic mass is 9.91. The van der Waals surface area contributed by atoms with E-state index < -0.39 is 24.0 Å². The van der Waals surface area contributed by atoms with E-state index >= 15 is 0 Å². The van der Waals surface area contributed by atoms with Gasteiger partial charge in [0.2, 0.25) is 29.4 Å². The molecule has 32 nitrogen and oxygen atoms in total. The topological polar surface area (TPSA) is 368 Å². The Labute approximate surface area is 640 Å². The van der Waals surface area contributed by atoms with Crippen molar-refractivity contribution >= 4 is 47.1 Å². The zero-order valence-corrected chi connectivity index (χ0v) is 64.6. The lowest BCUT2D eigenvalue weighted by molar-refractivity contribution is -0.162. The molecule has 3 aromatic carbocycles. The number of halogens is 1. The SMILES string of the molecule is CC[C@H](C(=O)N1CCCC[C@H]1C(=O)O[C@H](CCc1ccc(OC)c(OC)c1)c1cccc(OCC(=O)NCCOCCOCCOCC(=O)NCCOCCOCCOCC(=O)NC/C(=C/NCCOCCOCCOCC(=O)NCCOCCOCCCCCCCl)N=N)c1)c1cc(OC)c(OC)c(OC)c1. The first kappa shape index (κ1) is 92.7. The average Bonchev–Trinajstić information content (AvgIpc) is 0.799. The highest BCUT2D eigenvalue weighted by Gasteiger charge is 2.38. The van der Waals surface area contributed by atoms with Crippen LogP contribution < -0.4 is 55.0 Å². The van der Waals surface area contributed by atoms with Gasteiger partial charge in [0.05, 0.1) is 173 Å². The number of methoxy groups -OCH3 is 5. The summed E-state index contributed by atoms with van der Waals surface area (Å²) in [5.74, 6) is 0.848. The molecule has 0 unspecified atom stereocenters. The molecule has 0 spiro atoms. The van der Waals surface area contributed by atoms with Crippen LogP contribution in [0.1, 0.15) is 93.4 Å². The minimum Gasteiger partial charge on any atom is -0.493 e. The molecular formula is C75H117ClN8O24. The van der Waals surface area contributed by atoms with Crippen molar-refractivity contribution in [3.05, 3.63) is 83.2 Å². The Balaban J connectivity index is 0.968. The van der Waals surface area contributed by atoms with E-state index in [1.807, 2.05) is 31.2 Å². The summed E-state index contributed by atoms with van der Waals surface area (Å²) in [6, 6.07) is 15.4. The Morgan fingerprint density at radius 2 is 1.03 bits per heavy atom. The van der Waals surface area contributed by atoms with Gasteiger partial charge < -0.3 is 117 Å². The summed E-state index contributed by atoms with van der Waals surface area (Å²) in [5.41, 5.74) is 9.92. The number of benzene rings is 3. The van der Waals surface area contributed by atoms with Crippen LogP contribution in [0.25, 0.3) is 0 Å². The molecule has 0 radical (unpaired) electrons. The van der Waals surface area contributed by atoms with Crippen molar-refractivity contribution in [1.82, 2.24) is 31.5 Å². The van der Waals surface area contributed by atoms with Crippen molar-refractivity contribution in [2.45, 2.75) is 89.2 Å². The molecule has 0 bridgehead atoms. The Hall–Kier alpha value is -7.73. The Morgan fingerprint density at radius 3 is 1.55 bits per heavy atom. The second-order valence-corrected chi connectivity index (χ2v) is 24.5. The van der Waals surface area contributed by atoms with Crippen LogP contribution in [0, 0.1) is 5.53 Å². The molecule has 1 saturated heterocycles. The lowest BCUT2D eigenvalue weighted by Crippen LogP contribution is -2.50. The van der Waals surface area contributed by atoms with E-state index in [1.165, 1.54) is 27.5 Å². The van der Waals surface area contributed by atoms with E-state index in [-0.39, 0.29) is 148 Å². The van der Waals surface area contributed by atoms with Crippen LogP contribution in [0.15, 0.2) is 71.6 Å². The summed E-state index contributed by atoms with van der Waals surface area (Å²) < 4.78 is 100. The smallest absolute Gasteiger partial charge is 0.329 e. The molecular weight excluding hydrogens is 1430 g/mol. The minimum atomic E-state index is -0.833. The number of nitrogens with one attached hydrogen (secondary N) is 6. The molecule has 108 heavy (non-hydrogen) atoms. The lowest BCUT2D eigenvalue weighted by Gasteiger charge is -2.37. The van der Waals surface area contributed by atoms with Gasteiger partial charge in [0.1, 0.15) is 37.7 Å². The quantitative estimate of drug-likeness (QED) is 0.0168. The van der Waals surface area contributed by atoms with E-state index in [0.29, 0.717) is 155 Å². The number of esters is 1. The number of carbonyl (C=O) groups is 6. The largest absolute Gasteiger partial charge is 0.493 e. The average molecular weight is 1550 g/mol. The summed E-state index contributed by atoms with van der Waals surface area (Å²) in [4.78, 5) is 79.9. The Bertz CT molecular complexity index is 3010. The van der Waals surface area contributed by atoms with Gasteiger partial charge in [-0.05, 0) is 104 Å². The maximum atomic E-state index is 14.6. The van der Waals surface area contributed by atoms with Crippen molar-refractivity contribution in [2.24, 2.45) is 5.11 Å². The molecule has 608 valence electrons. The molecule has 0 aromatic heterocycles. The molecule has 3 atom stereocenters. The summed E-state index contributed by atoms with van der Waals surface area (Å²) in [5, 5.41) is 17.3. The van der Waals surface area contributed by atoms with E-state index in [9.17, 15) is 28.8 Å². The number of amides is 5. The number of hydrogen-bond acceptors (Lipinski definition) is 27. The first-order valence-electron chi connectivity index (χ1n) is 36.8. The van der Waals surface area contributed by atoms with E-state index in [1.54, 1.807) is 49.5 Å². The van der Waals surface area contributed by atoms with Crippen LogP contribution >= 0.6 is 11.6 Å². The summed E-state index contributed by atoms with van der Waals surface area (Å²) >= 11 is 5.67. The summed E-state index contributed by atoms with van der Waals surface area (Å²) in [6.07, 6.45) is 8.23. The van der Waals surface area contributed by atoms with Crippen LogP contribution in [-0.2, 0) is 92.0 Å². The third kappa shape index (κ3) is 40.1. The maximum Gasteiger partial charge on any atom is 0.329 e. The highest BCUT2D eigenvalue weighted by Crippen LogP contribution is 2.42. The normalized spacial score (nSPS) is 13.4. The van der Waals surface area contributed by atoms with Gasteiger partial charge in [0.15, 0.2) is 29.6 Å². The van der Waals surface area contributed by atoms with E-state index in [2.05, 4.69) is 31.7 Å². The first-order chi connectivity index (χ1) is 52.8. The number of ether oxygens (including phenoxy) is 18.